The predicted molar refractivity (Wildman–Crippen MR) is 73.6 cm³/mol. The number of nitrogens with one attached hydrogen (secondary N) is 1. The summed E-state index contributed by atoms with van der Waals surface area (Å²) in [4.78, 5) is 4.81. The van der Waals surface area contributed by atoms with Crippen LogP contribution in [0.15, 0.2) is 22.8 Å². The zero-order valence-electron chi connectivity index (χ0n) is 11.6. The molecule has 0 radical (unpaired) electrons. The van der Waals surface area contributed by atoms with E-state index in [4.69, 9.17) is 4.42 Å². The van der Waals surface area contributed by atoms with Crippen LogP contribution in [-0.4, -0.2) is 56.1 Å². The Morgan fingerprint density at radius 1 is 1.39 bits per heavy atom. The van der Waals surface area contributed by atoms with Gasteiger partial charge in [0.1, 0.15) is 5.76 Å². The summed E-state index contributed by atoms with van der Waals surface area (Å²) in [5.41, 5.74) is 0. The van der Waals surface area contributed by atoms with Crippen LogP contribution in [0.3, 0.4) is 0 Å². The van der Waals surface area contributed by atoms with Crippen molar-refractivity contribution in [3.8, 4) is 0 Å². The second kappa shape index (κ2) is 6.92. The summed E-state index contributed by atoms with van der Waals surface area (Å²) in [6.07, 6.45) is 4.23. The van der Waals surface area contributed by atoms with Gasteiger partial charge in [-0.15, -0.1) is 0 Å². The van der Waals surface area contributed by atoms with E-state index in [2.05, 4.69) is 29.2 Å². The molecule has 4 nitrogen and oxygen atoms in total. The molecule has 102 valence electrons. The molecule has 1 aliphatic heterocycles. The van der Waals surface area contributed by atoms with Crippen LogP contribution in [0.5, 0.6) is 0 Å². The number of hydrogen-bond donors (Lipinski definition) is 1. The van der Waals surface area contributed by atoms with Crippen molar-refractivity contribution >= 4 is 0 Å². The van der Waals surface area contributed by atoms with E-state index in [9.17, 15) is 0 Å². The minimum Gasteiger partial charge on any atom is -0.468 e. The Bertz CT molecular complexity index is 316. The smallest absolute Gasteiger partial charge is 0.117 e. The second-order valence-electron chi connectivity index (χ2n) is 5.38. The summed E-state index contributed by atoms with van der Waals surface area (Å²) in [6.45, 7) is 5.63. The molecule has 0 bridgehead atoms. The van der Waals surface area contributed by atoms with Crippen LogP contribution in [0.1, 0.15) is 18.6 Å². The van der Waals surface area contributed by atoms with Gasteiger partial charge in [-0.05, 0) is 52.2 Å². The van der Waals surface area contributed by atoms with Gasteiger partial charge in [0.2, 0.25) is 0 Å². The standard InChI is InChI=1S/C14H25N3O/c1-16(2)9-10-17-7-5-13(6-8-17)15-12-14-4-3-11-18-14/h3-4,11,13,15H,5-10,12H2,1-2H3. The number of likely N-dealkylation sites (N-methyl/N-ethyl adjacent to an activating group) is 1. The third-order valence-corrected chi connectivity index (χ3v) is 3.60. The minimum atomic E-state index is 0.644. The fourth-order valence-electron chi connectivity index (χ4n) is 2.36. The Morgan fingerprint density at radius 2 is 2.17 bits per heavy atom. The molecule has 2 heterocycles. The summed E-state index contributed by atoms with van der Waals surface area (Å²) >= 11 is 0. The average molecular weight is 251 g/mol. The highest BCUT2D eigenvalue weighted by atomic mass is 16.3. The zero-order valence-corrected chi connectivity index (χ0v) is 11.6. The van der Waals surface area contributed by atoms with Crippen LogP contribution in [-0.2, 0) is 6.54 Å². The molecule has 1 N–H and O–H groups in total. The normalized spacial score (nSPS) is 18.6. The maximum Gasteiger partial charge on any atom is 0.117 e. The number of nitrogens with zero attached hydrogens (tertiary/aromatic N) is 2. The lowest BCUT2D eigenvalue weighted by molar-refractivity contribution is 0.181. The summed E-state index contributed by atoms with van der Waals surface area (Å²) in [7, 11) is 4.27. The van der Waals surface area contributed by atoms with E-state index >= 15 is 0 Å². The maximum absolute atomic E-state index is 5.33. The van der Waals surface area contributed by atoms with Crippen molar-refractivity contribution in [3.63, 3.8) is 0 Å². The molecule has 2 rings (SSSR count). The first kappa shape index (κ1) is 13.6. The minimum absolute atomic E-state index is 0.644. The van der Waals surface area contributed by atoms with Crippen LogP contribution in [0.4, 0.5) is 0 Å². The molecule has 0 aliphatic carbocycles. The Hall–Kier alpha value is -0.840. The van der Waals surface area contributed by atoms with Crippen LogP contribution in [0.25, 0.3) is 0 Å². The predicted octanol–water partition coefficient (Wildman–Crippen LogP) is 1.40. The monoisotopic (exact) mass is 251 g/mol. The molecule has 0 unspecified atom stereocenters. The highest BCUT2D eigenvalue weighted by Gasteiger charge is 2.18. The van der Waals surface area contributed by atoms with E-state index in [0.29, 0.717) is 6.04 Å². The Balaban J connectivity index is 1.61. The molecule has 1 saturated heterocycles. The number of hydrogen-bond acceptors (Lipinski definition) is 4. The fourth-order valence-corrected chi connectivity index (χ4v) is 2.36. The van der Waals surface area contributed by atoms with Crippen molar-refractivity contribution in [1.82, 2.24) is 15.1 Å². The summed E-state index contributed by atoms with van der Waals surface area (Å²) in [5, 5.41) is 3.58. The van der Waals surface area contributed by atoms with Gasteiger partial charge in [-0.25, -0.2) is 0 Å². The number of rotatable bonds is 6. The van der Waals surface area contributed by atoms with Crippen molar-refractivity contribution < 1.29 is 4.42 Å². The molecular formula is C14H25N3O. The maximum atomic E-state index is 5.33. The molecule has 1 aromatic heterocycles. The van der Waals surface area contributed by atoms with Crippen molar-refractivity contribution in [2.24, 2.45) is 0 Å². The molecule has 0 atom stereocenters. The van der Waals surface area contributed by atoms with E-state index in [1.807, 2.05) is 12.1 Å². The third kappa shape index (κ3) is 4.44. The molecular weight excluding hydrogens is 226 g/mol. The lowest BCUT2D eigenvalue weighted by Gasteiger charge is -2.32. The molecule has 1 aromatic rings. The average Bonchev–Trinajstić information content (AvgIpc) is 2.88. The fraction of sp³-hybridized carbons (Fsp3) is 0.714. The Morgan fingerprint density at radius 3 is 2.78 bits per heavy atom. The van der Waals surface area contributed by atoms with Gasteiger partial charge in [0.15, 0.2) is 0 Å². The first-order valence-electron chi connectivity index (χ1n) is 6.87. The van der Waals surface area contributed by atoms with Gasteiger partial charge >= 0.3 is 0 Å². The van der Waals surface area contributed by atoms with Gasteiger partial charge in [-0.2, -0.15) is 0 Å². The highest BCUT2D eigenvalue weighted by Crippen LogP contribution is 2.11. The molecule has 0 spiro atoms. The number of piperidine rings is 1. The lowest BCUT2D eigenvalue weighted by Crippen LogP contribution is -2.44. The largest absolute Gasteiger partial charge is 0.468 e. The van der Waals surface area contributed by atoms with Crippen molar-refractivity contribution in [2.75, 3.05) is 40.3 Å². The number of furan rings is 1. The topological polar surface area (TPSA) is 31.6 Å². The molecule has 4 heteroatoms. The van der Waals surface area contributed by atoms with Gasteiger partial charge in [0, 0.05) is 19.1 Å². The molecule has 18 heavy (non-hydrogen) atoms. The van der Waals surface area contributed by atoms with E-state index in [-0.39, 0.29) is 0 Å². The van der Waals surface area contributed by atoms with Crippen LogP contribution >= 0.6 is 0 Å². The first-order valence-corrected chi connectivity index (χ1v) is 6.87. The molecule has 1 fully saturated rings. The second-order valence-corrected chi connectivity index (χ2v) is 5.38. The molecule has 0 amide bonds. The van der Waals surface area contributed by atoms with Crippen LogP contribution < -0.4 is 5.32 Å². The van der Waals surface area contributed by atoms with Crippen LogP contribution in [0, 0.1) is 0 Å². The first-order chi connectivity index (χ1) is 8.74. The molecule has 1 aliphatic rings. The van der Waals surface area contributed by atoms with E-state index in [1.165, 1.54) is 32.5 Å². The molecule has 0 aromatic carbocycles. The van der Waals surface area contributed by atoms with Crippen molar-refractivity contribution in [3.05, 3.63) is 24.2 Å². The summed E-state index contributed by atoms with van der Waals surface area (Å²) < 4.78 is 5.33. The van der Waals surface area contributed by atoms with Gasteiger partial charge in [-0.1, -0.05) is 0 Å². The highest BCUT2D eigenvalue weighted by molar-refractivity contribution is 4.98. The Labute approximate surface area is 110 Å². The van der Waals surface area contributed by atoms with E-state index < -0.39 is 0 Å². The summed E-state index contributed by atoms with van der Waals surface area (Å²) in [6, 6.07) is 4.62. The van der Waals surface area contributed by atoms with Crippen molar-refractivity contribution in [2.45, 2.75) is 25.4 Å². The molecule has 0 saturated carbocycles. The third-order valence-electron chi connectivity index (χ3n) is 3.60. The van der Waals surface area contributed by atoms with Gasteiger partial charge in [-0.3, -0.25) is 0 Å². The van der Waals surface area contributed by atoms with E-state index in [1.54, 1.807) is 6.26 Å². The lowest BCUT2D eigenvalue weighted by atomic mass is 10.1. The number of likely N-dealkylation sites (tertiary alicyclic amines) is 1. The van der Waals surface area contributed by atoms with E-state index in [0.717, 1.165) is 18.8 Å². The van der Waals surface area contributed by atoms with Gasteiger partial charge in [0.25, 0.3) is 0 Å². The summed E-state index contributed by atoms with van der Waals surface area (Å²) in [5.74, 6) is 1.03. The van der Waals surface area contributed by atoms with Crippen molar-refractivity contribution in [1.29, 1.82) is 0 Å². The van der Waals surface area contributed by atoms with Gasteiger partial charge < -0.3 is 19.5 Å². The van der Waals surface area contributed by atoms with Crippen LogP contribution in [0.2, 0.25) is 0 Å². The Kier molecular flexibility index (Phi) is 5.23. The van der Waals surface area contributed by atoms with Gasteiger partial charge in [0.05, 0.1) is 12.8 Å². The SMILES string of the molecule is CN(C)CCN1CCC(NCc2ccco2)CC1. The quantitative estimate of drug-likeness (QED) is 0.828. The zero-order chi connectivity index (χ0) is 12.8.